The summed E-state index contributed by atoms with van der Waals surface area (Å²) in [6.45, 7) is 1.82. The lowest BCUT2D eigenvalue weighted by atomic mass is 9.98. The largest absolute Gasteiger partial charge is 0.480 e. The maximum absolute atomic E-state index is 12.4. The lowest BCUT2D eigenvalue weighted by Crippen LogP contribution is -2.41. The molecule has 2 aromatic carbocycles. The molecule has 0 saturated carbocycles. The zero-order valence-corrected chi connectivity index (χ0v) is 19.6. The van der Waals surface area contributed by atoms with E-state index in [0.717, 1.165) is 22.3 Å². The number of fused-ring (bicyclic) bond motifs is 3. The number of benzene rings is 2. The topological polar surface area (TPSA) is 131 Å². The molecule has 0 bridgehead atoms. The van der Waals surface area contributed by atoms with E-state index in [1.165, 1.54) is 6.92 Å². The molecule has 1 aliphatic carbocycles. The van der Waals surface area contributed by atoms with Gasteiger partial charge in [0.25, 0.3) is 0 Å². The van der Waals surface area contributed by atoms with Crippen LogP contribution in [0.2, 0.25) is 0 Å². The molecule has 9 heteroatoms. The van der Waals surface area contributed by atoms with Gasteiger partial charge in [0, 0.05) is 18.9 Å². The Morgan fingerprint density at radius 1 is 0.914 bits per heavy atom. The molecule has 0 aliphatic heterocycles. The highest BCUT2D eigenvalue weighted by molar-refractivity contribution is 5.81. The number of carboxylic acids is 1. The van der Waals surface area contributed by atoms with Gasteiger partial charge in [-0.25, -0.2) is 14.4 Å². The standard InChI is InChI=1S/C26H30N2O7/c1-17(29)13-15-34-25(32)27-14-7-6-12-23(24(30)31)28-26(33)35-16-22-20-10-4-2-8-18(20)19-9-3-5-11-21(19)22/h2-5,8-11,22-23H,6-7,12-16H2,1H3,(H,27,32)(H,28,33)(H,30,31)/t23-/m0/s1. The number of hydrogen-bond donors (Lipinski definition) is 3. The van der Waals surface area contributed by atoms with E-state index in [1.54, 1.807) is 0 Å². The third-order valence-corrected chi connectivity index (χ3v) is 5.81. The summed E-state index contributed by atoms with van der Waals surface area (Å²) in [5.41, 5.74) is 4.36. The van der Waals surface area contributed by atoms with E-state index in [0.29, 0.717) is 12.8 Å². The van der Waals surface area contributed by atoms with Gasteiger partial charge in [0.2, 0.25) is 0 Å². The molecule has 0 unspecified atom stereocenters. The zero-order chi connectivity index (χ0) is 25.2. The SMILES string of the molecule is CC(=O)CCOC(=O)NCCCC[C@H](NC(=O)OCC1c2ccccc2-c2ccccc21)C(=O)O. The average molecular weight is 483 g/mol. The maximum atomic E-state index is 12.4. The third kappa shape index (κ3) is 7.30. The fourth-order valence-electron chi connectivity index (χ4n) is 4.04. The van der Waals surface area contributed by atoms with Crippen molar-refractivity contribution in [3.05, 3.63) is 59.7 Å². The average Bonchev–Trinajstić information content (AvgIpc) is 3.15. The van der Waals surface area contributed by atoms with Crippen molar-refractivity contribution in [3.8, 4) is 11.1 Å². The van der Waals surface area contributed by atoms with E-state index in [2.05, 4.69) is 10.6 Å². The third-order valence-electron chi connectivity index (χ3n) is 5.81. The molecule has 9 nitrogen and oxygen atoms in total. The van der Waals surface area contributed by atoms with E-state index >= 15 is 0 Å². The molecule has 0 radical (unpaired) electrons. The number of aliphatic carboxylic acids is 1. The maximum Gasteiger partial charge on any atom is 0.407 e. The van der Waals surface area contributed by atoms with Crippen molar-refractivity contribution < 1.29 is 33.8 Å². The van der Waals surface area contributed by atoms with Crippen molar-refractivity contribution in [2.45, 2.75) is 44.6 Å². The summed E-state index contributed by atoms with van der Waals surface area (Å²) >= 11 is 0. The summed E-state index contributed by atoms with van der Waals surface area (Å²) in [7, 11) is 0. The van der Waals surface area contributed by atoms with E-state index in [1.807, 2.05) is 48.5 Å². The number of carboxylic acid groups (broad SMARTS) is 1. The second-order valence-corrected chi connectivity index (χ2v) is 8.37. The van der Waals surface area contributed by atoms with Crippen LogP contribution >= 0.6 is 0 Å². The number of nitrogens with one attached hydrogen (secondary N) is 2. The van der Waals surface area contributed by atoms with Crippen molar-refractivity contribution in [3.63, 3.8) is 0 Å². The lowest BCUT2D eigenvalue weighted by molar-refractivity contribution is -0.139. The van der Waals surface area contributed by atoms with Gasteiger partial charge in [-0.1, -0.05) is 48.5 Å². The van der Waals surface area contributed by atoms with E-state index < -0.39 is 24.2 Å². The second kappa shape index (κ2) is 12.5. The number of carbonyl (C=O) groups is 4. The van der Waals surface area contributed by atoms with E-state index in [-0.39, 0.29) is 44.3 Å². The molecule has 0 spiro atoms. The summed E-state index contributed by atoms with van der Waals surface area (Å²) in [6, 6.07) is 14.8. The normalized spacial score (nSPS) is 12.7. The summed E-state index contributed by atoms with van der Waals surface area (Å²) in [6.07, 6.45) is -0.119. The van der Waals surface area contributed by atoms with Crippen LogP contribution in [0.5, 0.6) is 0 Å². The smallest absolute Gasteiger partial charge is 0.407 e. The first-order valence-corrected chi connectivity index (χ1v) is 11.6. The summed E-state index contributed by atoms with van der Waals surface area (Å²) in [5, 5.41) is 14.4. The molecule has 2 aromatic rings. The number of unbranched alkanes of at least 4 members (excludes halogenated alkanes) is 1. The van der Waals surface area contributed by atoms with E-state index in [9.17, 15) is 24.3 Å². The first kappa shape index (κ1) is 25.7. The van der Waals surface area contributed by atoms with Gasteiger partial charge in [-0.3, -0.25) is 4.79 Å². The number of hydrogen-bond acceptors (Lipinski definition) is 6. The lowest BCUT2D eigenvalue weighted by Gasteiger charge is -2.17. The molecule has 35 heavy (non-hydrogen) atoms. The number of amides is 2. The molecule has 0 heterocycles. The van der Waals surface area contributed by atoms with Gasteiger partial charge in [-0.15, -0.1) is 0 Å². The molecule has 0 aromatic heterocycles. The van der Waals surface area contributed by atoms with Gasteiger partial charge >= 0.3 is 18.2 Å². The minimum atomic E-state index is -1.16. The van der Waals surface area contributed by atoms with Crippen LogP contribution in [0.3, 0.4) is 0 Å². The molecule has 3 rings (SSSR count). The van der Waals surface area contributed by atoms with Gasteiger partial charge in [0.15, 0.2) is 0 Å². The number of alkyl carbamates (subject to hydrolysis) is 2. The highest BCUT2D eigenvalue weighted by Gasteiger charge is 2.29. The molecule has 2 amide bonds. The quantitative estimate of drug-likeness (QED) is 0.392. The van der Waals surface area contributed by atoms with Gasteiger partial charge in [0.1, 0.15) is 25.0 Å². The van der Waals surface area contributed by atoms with Gasteiger partial charge < -0.3 is 25.2 Å². The van der Waals surface area contributed by atoms with Gasteiger partial charge in [-0.2, -0.15) is 0 Å². The molecular weight excluding hydrogens is 452 g/mol. The van der Waals surface area contributed by atoms with E-state index in [4.69, 9.17) is 9.47 Å². The van der Waals surface area contributed by atoms with Crippen LogP contribution < -0.4 is 10.6 Å². The Morgan fingerprint density at radius 2 is 1.54 bits per heavy atom. The molecular formula is C26H30N2O7. The second-order valence-electron chi connectivity index (χ2n) is 8.37. The first-order chi connectivity index (χ1) is 16.9. The van der Waals surface area contributed by atoms with Crippen LogP contribution in [0.4, 0.5) is 9.59 Å². The highest BCUT2D eigenvalue weighted by Crippen LogP contribution is 2.44. The Kier molecular flexibility index (Phi) is 9.23. The predicted octanol–water partition coefficient (Wildman–Crippen LogP) is 3.85. The molecule has 0 saturated heterocycles. The minimum Gasteiger partial charge on any atom is -0.480 e. The van der Waals surface area contributed by atoms with Crippen molar-refractivity contribution in [1.29, 1.82) is 0 Å². The van der Waals surface area contributed by atoms with Gasteiger partial charge in [-0.05, 0) is 48.4 Å². The van der Waals surface area contributed by atoms with Crippen LogP contribution in [0.1, 0.15) is 49.7 Å². The van der Waals surface area contributed by atoms with Crippen LogP contribution in [0.15, 0.2) is 48.5 Å². The Morgan fingerprint density at radius 3 is 2.14 bits per heavy atom. The highest BCUT2D eigenvalue weighted by atomic mass is 16.6. The molecule has 3 N–H and O–H groups in total. The minimum absolute atomic E-state index is 0.0202. The van der Waals surface area contributed by atoms with Gasteiger partial charge in [0.05, 0.1) is 0 Å². The number of ketones is 1. The number of carbonyl (C=O) groups excluding carboxylic acids is 3. The van der Waals surface area contributed by atoms with Crippen LogP contribution in [0, 0.1) is 0 Å². The van der Waals surface area contributed by atoms with Crippen LogP contribution in [-0.4, -0.2) is 54.8 Å². The monoisotopic (exact) mass is 482 g/mol. The number of Topliss-reactive ketones (excluding diaryl/α,β-unsaturated/α-hetero) is 1. The summed E-state index contributed by atoms with van der Waals surface area (Å²) < 4.78 is 10.3. The van der Waals surface area contributed by atoms with Crippen molar-refractivity contribution in [1.82, 2.24) is 10.6 Å². The van der Waals surface area contributed by atoms with Crippen LogP contribution in [-0.2, 0) is 19.1 Å². The molecule has 1 atom stereocenters. The number of rotatable bonds is 12. The molecule has 0 fully saturated rings. The Labute approximate surface area is 203 Å². The fraction of sp³-hybridized carbons (Fsp3) is 0.385. The molecule has 186 valence electrons. The Bertz CT molecular complexity index is 1020. The van der Waals surface area contributed by atoms with Crippen molar-refractivity contribution in [2.75, 3.05) is 19.8 Å². The number of ether oxygens (including phenoxy) is 2. The Hall–Kier alpha value is -3.88. The summed E-state index contributed by atoms with van der Waals surface area (Å²) in [5.74, 6) is -1.34. The van der Waals surface area contributed by atoms with Crippen LogP contribution in [0.25, 0.3) is 11.1 Å². The fourth-order valence-corrected chi connectivity index (χ4v) is 4.04. The van der Waals surface area contributed by atoms with Crippen molar-refractivity contribution in [2.24, 2.45) is 0 Å². The predicted molar refractivity (Wildman–Crippen MR) is 128 cm³/mol. The molecule has 1 aliphatic rings. The van der Waals surface area contributed by atoms with Crippen molar-refractivity contribution >= 4 is 23.9 Å². The first-order valence-electron chi connectivity index (χ1n) is 11.6. The summed E-state index contributed by atoms with van der Waals surface area (Å²) in [4.78, 5) is 46.3. The Balaban J connectivity index is 1.42. The zero-order valence-electron chi connectivity index (χ0n) is 19.6.